The number of halogens is 1. The maximum Gasteiger partial charge on any atom is 0.235 e. The van der Waals surface area contributed by atoms with Gasteiger partial charge in [0, 0.05) is 35.6 Å². The van der Waals surface area contributed by atoms with Gasteiger partial charge in [0.25, 0.3) is 0 Å². The van der Waals surface area contributed by atoms with Gasteiger partial charge in [-0.3, -0.25) is 9.29 Å². The van der Waals surface area contributed by atoms with Crippen molar-refractivity contribution in [2.75, 3.05) is 21.9 Å². The summed E-state index contributed by atoms with van der Waals surface area (Å²) in [5.74, 6) is 0.634. The summed E-state index contributed by atoms with van der Waals surface area (Å²) in [6.07, 6.45) is 4.02. The van der Waals surface area contributed by atoms with Crippen LogP contribution in [0.15, 0.2) is 67.0 Å². The maximum absolute atomic E-state index is 12.3. The predicted molar refractivity (Wildman–Crippen MR) is 123 cm³/mol. The van der Waals surface area contributed by atoms with Crippen LogP contribution < -0.4 is 9.62 Å². The van der Waals surface area contributed by atoms with E-state index in [0.717, 1.165) is 22.2 Å². The van der Waals surface area contributed by atoms with E-state index < -0.39 is 10.0 Å². The van der Waals surface area contributed by atoms with E-state index in [9.17, 15) is 8.42 Å². The number of rotatable bonds is 4. The SMILES string of the molecule is O=S1(=O)CCCN1c1cccc(-c2cc(Nc3ncc4c(Cl)cccc4n3)ccn2)c1. The smallest absolute Gasteiger partial charge is 0.235 e. The molecule has 156 valence electrons. The summed E-state index contributed by atoms with van der Waals surface area (Å²) in [7, 11) is -3.23. The van der Waals surface area contributed by atoms with Gasteiger partial charge in [0.15, 0.2) is 0 Å². The van der Waals surface area contributed by atoms with Crippen LogP contribution in [0.5, 0.6) is 0 Å². The molecule has 1 aliphatic rings. The monoisotopic (exact) mass is 451 g/mol. The third-order valence-electron chi connectivity index (χ3n) is 5.12. The fourth-order valence-corrected chi connectivity index (χ4v) is 5.40. The minimum Gasteiger partial charge on any atom is -0.324 e. The minimum absolute atomic E-state index is 0.186. The van der Waals surface area contributed by atoms with Crippen LogP contribution >= 0.6 is 11.6 Å². The highest BCUT2D eigenvalue weighted by molar-refractivity contribution is 7.93. The molecule has 5 rings (SSSR count). The number of nitrogens with one attached hydrogen (secondary N) is 1. The van der Waals surface area contributed by atoms with E-state index in [-0.39, 0.29) is 5.75 Å². The molecule has 7 nitrogen and oxygen atoms in total. The second-order valence-corrected chi connectivity index (χ2v) is 9.63. The van der Waals surface area contributed by atoms with E-state index in [2.05, 4.69) is 20.3 Å². The molecule has 31 heavy (non-hydrogen) atoms. The molecule has 2 aromatic heterocycles. The van der Waals surface area contributed by atoms with Gasteiger partial charge in [0.05, 0.1) is 27.7 Å². The number of nitrogens with zero attached hydrogens (tertiary/aromatic N) is 4. The van der Waals surface area contributed by atoms with Gasteiger partial charge < -0.3 is 5.32 Å². The fourth-order valence-electron chi connectivity index (χ4n) is 3.62. The Kier molecular flexibility index (Phi) is 4.95. The topological polar surface area (TPSA) is 88.1 Å². The van der Waals surface area contributed by atoms with Gasteiger partial charge >= 0.3 is 0 Å². The van der Waals surface area contributed by atoms with E-state index in [1.165, 1.54) is 4.31 Å². The fraction of sp³-hybridized carbons (Fsp3) is 0.136. The molecule has 1 fully saturated rings. The second kappa shape index (κ2) is 7.79. The van der Waals surface area contributed by atoms with Crippen LogP contribution in [0.2, 0.25) is 5.02 Å². The third kappa shape index (κ3) is 3.92. The standard InChI is InChI=1S/C22H18ClN5O2S/c23-19-6-2-7-20-18(19)14-25-22(27-20)26-16-8-9-24-21(13-16)15-4-1-5-17(12-15)28-10-3-11-31(28,29)30/h1-2,4-9,12-14H,3,10-11H2,(H,24,25,26,27). The number of pyridine rings is 1. The second-order valence-electron chi connectivity index (χ2n) is 7.21. The van der Waals surface area contributed by atoms with Crippen LogP contribution in [-0.2, 0) is 10.0 Å². The molecule has 0 radical (unpaired) electrons. The van der Waals surface area contributed by atoms with Crippen molar-refractivity contribution >= 4 is 49.9 Å². The van der Waals surface area contributed by atoms with Crippen molar-refractivity contribution < 1.29 is 8.42 Å². The van der Waals surface area contributed by atoms with Crippen LogP contribution in [0, 0.1) is 0 Å². The summed E-state index contributed by atoms with van der Waals surface area (Å²) in [5, 5.41) is 4.59. The van der Waals surface area contributed by atoms with Gasteiger partial charge in [-0.25, -0.2) is 18.4 Å². The van der Waals surface area contributed by atoms with Crippen LogP contribution in [-0.4, -0.2) is 35.7 Å². The van der Waals surface area contributed by atoms with Gasteiger partial charge in [-0.1, -0.05) is 29.8 Å². The van der Waals surface area contributed by atoms with Crippen molar-refractivity contribution in [3.63, 3.8) is 0 Å². The molecule has 4 aromatic rings. The number of aromatic nitrogens is 3. The predicted octanol–water partition coefficient (Wildman–Crippen LogP) is 4.63. The van der Waals surface area contributed by atoms with Crippen LogP contribution in [0.4, 0.5) is 17.3 Å². The van der Waals surface area contributed by atoms with Crippen LogP contribution in [0.25, 0.3) is 22.2 Å². The minimum atomic E-state index is -3.23. The molecular weight excluding hydrogens is 434 g/mol. The van der Waals surface area contributed by atoms with E-state index in [1.807, 2.05) is 48.5 Å². The Labute approximate surface area is 184 Å². The summed E-state index contributed by atoms with van der Waals surface area (Å²) in [6, 6.07) is 16.6. The first kappa shape index (κ1) is 19.7. The molecule has 1 N–H and O–H groups in total. The zero-order chi connectivity index (χ0) is 21.4. The highest BCUT2D eigenvalue weighted by atomic mass is 35.5. The Bertz CT molecular complexity index is 1390. The molecular formula is C22H18ClN5O2S. The van der Waals surface area contributed by atoms with E-state index in [0.29, 0.717) is 35.3 Å². The molecule has 0 saturated carbocycles. The molecule has 0 bridgehead atoms. The number of hydrogen-bond donors (Lipinski definition) is 1. The Balaban J connectivity index is 1.44. The van der Waals surface area contributed by atoms with Crippen molar-refractivity contribution in [1.82, 2.24) is 15.0 Å². The van der Waals surface area contributed by atoms with Crippen molar-refractivity contribution in [1.29, 1.82) is 0 Å². The highest BCUT2D eigenvalue weighted by Crippen LogP contribution is 2.29. The van der Waals surface area contributed by atoms with Crippen LogP contribution in [0.1, 0.15) is 6.42 Å². The zero-order valence-electron chi connectivity index (χ0n) is 16.4. The molecule has 2 aromatic carbocycles. The average molecular weight is 452 g/mol. The molecule has 0 spiro atoms. The number of fused-ring (bicyclic) bond motifs is 1. The number of hydrogen-bond acceptors (Lipinski definition) is 6. The third-order valence-corrected chi connectivity index (χ3v) is 7.32. The molecule has 1 aliphatic heterocycles. The van der Waals surface area contributed by atoms with Crippen molar-refractivity contribution in [2.24, 2.45) is 0 Å². The molecule has 0 atom stereocenters. The summed E-state index contributed by atoms with van der Waals surface area (Å²) in [4.78, 5) is 13.3. The lowest BCUT2D eigenvalue weighted by atomic mass is 10.1. The lowest BCUT2D eigenvalue weighted by molar-refractivity contribution is 0.599. The van der Waals surface area contributed by atoms with Crippen molar-refractivity contribution in [3.05, 3.63) is 72.0 Å². The normalized spacial score (nSPS) is 15.3. The maximum atomic E-state index is 12.3. The van der Waals surface area contributed by atoms with Crippen molar-refractivity contribution in [3.8, 4) is 11.3 Å². The molecule has 0 unspecified atom stereocenters. The Morgan fingerprint density at radius 3 is 2.74 bits per heavy atom. The molecule has 3 heterocycles. The average Bonchev–Trinajstić information content (AvgIpc) is 3.13. The van der Waals surface area contributed by atoms with Gasteiger partial charge in [0.1, 0.15) is 0 Å². The number of sulfonamides is 1. The number of anilines is 3. The summed E-state index contributed by atoms with van der Waals surface area (Å²) >= 11 is 6.19. The molecule has 1 saturated heterocycles. The van der Waals surface area contributed by atoms with E-state index in [1.54, 1.807) is 18.5 Å². The summed E-state index contributed by atoms with van der Waals surface area (Å²) < 4.78 is 26.0. The van der Waals surface area contributed by atoms with E-state index >= 15 is 0 Å². The molecule has 9 heteroatoms. The van der Waals surface area contributed by atoms with Gasteiger partial charge in [-0.2, -0.15) is 0 Å². The first-order chi connectivity index (χ1) is 15.0. The lowest BCUT2D eigenvalue weighted by Crippen LogP contribution is -2.24. The van der Waals surface area contributed by atoms with Crippen LogP contribution in [0.3, 0.4) is 0 Å². The summed E-state index contributed by atoms with van der Waals surface area (Å²) in [5.41, 5.74) is 3.72. The number of benzene rings is 2. The lowest BCUT2D eigenvalue weighted by Gasteiger charge is -2.17. The van der Waals surface area contributed by atoms with Gasteiger partial charge in [-0.15, -0.1) is 0 Å². The highest BCUT2D eigenvalue weighted by Gasteiger charge is 2.28. The van der Waals surface area contributed by atoms with Gasteiger partial charge in [-0.05, 0) is 42.8 Å². The Morgan fingerprint density at radius 2 is 1.90 bits per heavy atom. The largest absolute Gasteiger partial charge is 0.324 e. The quantitative estimate of drug-likeness (QED) is 0.486. The first-order valence-corrected chi connectivity index (χ1v) is 11.7. The Hall–Kier alpha value is -3.23. The van der Waals surface area contributed by atoms with E-state index in [4.69, 9.17) is 11.6 Å². The first-order valence-electron chi connectivity index (χ1n) is 9.75. The molecule has 0 amide bonds. The zero-order valence-corrected chi connectivity index (χ0v) is 17.9. The summed E-state index contributed by atoms with van der Waals surface area (Å²) in [6.45, 7) is 0.504. The van der Waals surface area contributed by atoms with Crippen molar-refractivity contribution in [2.45, 2.75) is 6.42 Å². The van der Waals surface area contributed by atoms with Gasteiger partial charge in [0.2, 0.25) is 16.0 Å². The molecule has 0 aliphatic carbocycles. The Morgan fingerprint density at radius 1 is 1.03 bits per heavy atom.